The summed E-state index contributed by atoms with van der Waals surface area (Å²) in [6.45, 7) is 2.27. The van der Waals surface area contributed by atoms with Gasteiger partial charge in [0.15, 0.2) is 0 Å². The van der Waals surface area contributed by atoms with Gasteiger partial charge in [-0.3, -0.25) is 0 Å². The van der Waals surface area contributed by atoms with E-state index in [0.717, 1.165) is 19.0 Å². The van der Waals surface area contributed by atoms with Crippen LogP contribution in [0.25, 0.3) is 0 Å². The van der Waals surface area contributed by atoms with Crippen LogP contribution in [0.2, 0.25) is 0 Å². The fourth-order valence-electron chi connectivity index (χ4n) is 2.22. The van der Waals surface area contributed by atoms with Crippen LogP contribution in [0.3, 0.4) is 0 Å². The van der Waals surface area contributed by atoms with Gasteiger partial charge < -0.3 is 10.2 Å². The second kappa shape index (κ2) is 4.64. The largest absolute Gasteiger partial charge is 0.316 e. The molecule has 0 bridgehead atoms. The van der Waals surface area contributed by atoms with Crippen LogP contribution < -0.4 is 5.32 Å². The van der Waals surface area contributed by atoms with Gasteiger partial charge in [-0.15, -0.1) is 0 Å². The monoisotopic (exact) mass is 268 g/mol. The van der Waals surface area contributed by atoms with E-state index in [-0.39, 0.29) is 0 Å². The minimum absolute atomic E-state index is 0.531. The predicted molar refractivity (Wildman–Crippen MR) is 66.9 cm³/mol. The summed E-state index contributed by atoms with van der Waals surface area (Å²) in [6.07, 6.45) is 0. The number of rotatable bonds is 3. The Kier molecular flexibility index (Phi) is 3.44. The van der Waals surface area contributed by atoms with E-state index >= 15 is 0 Å². The summed E-state index contributed by atoms with van der Waals surface area (Å²) in [6, 6.07) is 9.16. The molecule has 1 heterocycles. The van der Waals surface area contributed by atoms with Crippen molar-refractivity contribution >= 4 is 15.9 Å². The van der Waals surface area contributed by atoms with Crippen molar-refractivity contribution in [2.45, 2.75) is 6.04 Å². The first kappa shape index (κ1) is 11.1. The zero-order chi connectivity index (χ0) is 10.8. The fraction of sp³-hybridized carbons (Fsp3) is 0.500. The van der Waals surface area contributed by atoms with E-state index < -0.39 is 0 Å². The maximum absolute atomic E-state index is 3.53. The van der Waals surface area contributed by atoms with Gasteiger partial charge >= 0.3 is 0 Å². The smallest absolute Gasteiger partial charge is 0.0394 e. The first-order valence-electron chi connectivity index (χ1n) is 5.31. The Morgan fingerprint density at radius 1 is 1.40 bits per heavy atom. The van der Waals surface area contributed by atoms with Gasteiger partial charge in [0.2, 0.25) is 0 Å². The molecule has 1 fully saturated rings. The molecule has 3 heteroatoms. The molecule has 0 amide bonds. The number of hydrogen-bond acceptors (Lipinski definition) is 2. The highest BCUT2D eigenvalue weighted by Crippen LogP contribution is 2.30. The molecule has 0 radical (unpaired) electrons. The van der Waals surface area contributed by atoms with Gasteiger partial charge in [-0.2, -0.15) is 0 Å². The van der Waals surface area contributed by atoms with E-state index in [1.807, 2.05) is 0 Å². The van der Waals surface area contributed by atoms with E-state index in [1.165, 1.54) is 10.0 Å². The van der Waals surface area contributed by atoms with Crippen molar-refractivity contribution < 1.29 is 0 Å². The molecule has 1 atom stereocenters. The molecular weight excluding hydrogens is 252 g/mol. The summed E-state index contributed by atoms with van der Waals surface area (Å²) >= 11 is 3.53. The molecule has 1 N–H and O–H groups in total. The average molecular weight is 269 g/mol. The quantitative estimate of drug-likeness (QED) is 0.905. The lowest BCUT2D eigenvalue weighted by Crippen LogP contribution is -2.48. The van der Waals surface area contributed by atoms with Crippen LogP contribution in [0.1, 0.15) is 11.6 Å². The average Bonchev–Trinajstić information content (AvgIpc) is 2.10. The predicted octanol–water partition coefficient (Wildman–Crippen LogP) is 2.27. The SMILES string of the molecule is CN(C)C(c1cccc(Br)c1)C1CNC1. The van der Waals surface area contributed by atoms with Crippen LogP contribution in [-0.4, -0.2) is 32.1 Å². The molecule has 2 nitrogen and oxygen atoms in total. The van der Waals surface area contributed by atoms with Crippen molar-refractivity contribution in [3.05, 3.63) is 34.3 Å². The lowest BCUT2D eigenvalue weighted by atomic mass is 9.88. The van der Waals surface area contributed by atoms with Crippen LogP contribution in [-0.2, 0) is 0 Å². The van der Waals surface area contributed by atoms with Crippen molar-refractivity contribution in [1.29, 1.82) is 0 Å². The highest BCUT2D eigenvalue weighted by atomic mass is 79.9. The fourth-order valence-corrected chi connectivity index (χ4v) is 2.63. The number of benzene rings is 1. The van der Waals surface area contributed by atoms with Gasteiger partial charge in [0.25, 0.3) is 0 Å². The lowest BCUT2D eigenvalue weighted by Gasteiger charge is -2.38. The zero-order valence-corrected chi connectivity index (χ0v) is 10.8. The highest BCUT2D eigenvalue weighted by molar-refractivity contribution is 9.10. The zero-order valence-electron chi connectivity index (χ0n) is 9.20. The van der Waals surface area contributed by atoms with E-state index in [1.54, 1.807) is 0 Å². The Morgan fingerprint density at radius 3 is 2.60 bits per heavy atom. The molecule has 1 unspecified atom stereocenters. The summed E-state index contributed by atoms with van der Waals surface area (Å²) in [5.74, 6) is 0.745. The highest BCUT2D eigenvalue weighted by Gasteiger charge is 2.29. The van der Waals surface area contributed by atoms with Gasteiger partial charge in [0, 0.05) is 29.5 Å². The van der Waals surface area contributed by atoms with Crippen LogP contribution in [0.4, 0.5) is 0 Å². The maximum Gasteiger partial charge on any atom is 0.0394 e. The van der Waals surface area contributed by atoms with Gasteiger partial charge in [0.05, 0.1) is 0 Å². The summed E-state index contributed by atoms with van der Waals surface area (Å²) in [5.41, 5.74) is 1.40. The molecule has 1 aliphatic rings. The summed E-state index contributed by atoms with van der Waals surface area (Å²) < 4.78 is 1.17. The standard InChI is InChI=1S/C12H17BrN2/c1-15(2)12(10-7-14-8-10)9-4-3-5-11(13)6-9/h3-6,10,12,14H,7-8H2,1-2H3. The minimum Gasteiger partial charge on any atom is -0.316 e. The molecule has 82 valence electrons. The molecular formula is C12H17BrN2. The molecule has 15 heavy (non-hydrogen) atoms. The molecule has 0 aliphatic carbocycles. The van der Waals surface area contributed by atoms with Crippen LogP contribution in [0, 0.1) is 5.92 Å². The summed E-state index contributed by atoms with van der Waals surface area (Å²) in [4.78, 5) is 2.31. The molecule has 1 aromatic carbocycles. The topological polar surface area (TPSA) is 15.3 Å². The van der Waals surface area contributed by atoms with Crippen molar-refractivity contribution in [2.75, 3.05) is 27.2 Å². The minimum atomic E-state index is 0.531. The van der Waals surface area contributed by atoms with E-state index in [4.69, 9.17) is 0 Å². The van der Waals surface area contributed by atoms with Crippen molar-refractivity contribution in [1.82, 2.24) is 10.2 Å². The molecule has 2 rings (SSSR count). The second-order valence-electron chi connectivity index (χ2n) is 4.38. The Bertz CT molecular complexity index is 334. The van der Waals surface area contributed by atoms with E-state index in [9.17, 15) is 0 Å². The first-order valence-corrected chi connectivity index (χ1v) is 6.10. The van der Waals surface area contributed by atoms with E-state index in [2.05, 4.69) is 64.5 Å². The molecule has 0 saturated carbocycles. The van der Waals surface area contributed by atoms with Gasteiger partial charge in [0.1, 0.15) is 0 Å². The molecule has 1 saturated heterocycles. The van der Waals surface area contributed by atoms with E-state index in [0.29, 0.717) is 6.04 Å². The number of halogens is 1. The second-order valence-corrected chi connectivity index (χ2v) is 5.30. The summed E-state index contributed by atoms with van der Waals surface area (Å²) in [5, 5.41) is 3.34. The maximum atomic E-state index is 3.53. The Labute approximate surface area is 99.8 Å². The van der Waals surface area contributed by atoms with Crippen LogP contribution >= 0.6 is 15.9 Å². The van der Waals surface area contributed by atoms with Crippen molar-refractivity contribution in [3.63, 3.8) is 0 Å². The molecule has 0 aromatic heterocycles. The normalized spacial score (nSPS) is 18.9. The van der Waals surface area contributed by atoms with Gasteiger partial charge in [-0.05, 0) is 31.8 Å². The Balaban J connectivity index is 2.23. The Morgan fingerprint density at radius 2 is 2.13 bits per heavy atom. The number of hydrogen-bond donors (Lipinski definition) is 1. The number of nitrogens with one attached hydrogen (secondary N) is 1. The molecule has 1 aliphatic heterocycles. The van der Waals surface area contributed by atoms with Gasteiger partial charge in [-0.1, -0.05) is 28.1 Å². The van der Waals surface area contributed by atoms with Crippen molar-refractivity contribution in [2.24, 2.45) is 5.92 Å². The molecule has 1 aromatic rings. The van der Waals surface area contributed by atoms with Crippen LogP contribution in [0.5, 0.6) is 0 Å². The summed E-state index contributed by atoms with van der Waals surface area (Å²) in [7, 11) is 4.31. The number of nitrogens with zero attached hydrogens (tertiary/aromatic N) is 1. The lowest BCUT2D eigenvalue weighted by molar-refractivity contribution is 0.161. The van der Waals surface area contributed by atoms with Gasteiger partial charge in [-0.25, -0.2) is 0 Å². The third-order valence-electron chi connectivity index (χ3n) is 3.01. The van der Waals surface area contributed by atoms with Crippen molar-refractivity contribution in [3.8, 4) is 0 Å². The third kappa shape index (κ3) is 2.41. The first-order chi connectivity index (χ1) is 7.18. The molecule has 0 spiro atoms. The third-order valence-corrected chi connectivity index (χ3v) is 3.50. The Hall–Kier alpha value is -0.380. The van der Waals surface area contributed by atoms with Crippen LogP contribution in [0.15, 0.2) is 28.7 Å².